The van der Waals surface area contributed by atoms with Gasteiger partial charge in [0.1, 0.15) is 0 Å². The molecule has 1 aromatic heterocycles. The zero-order valence-corrected chi connectivity index (χ0v) is 10.4. The Morgan fingerprint density at radius 3 is 2.88 bits per heavy atom. The van der Waals surface area contributed by atoms with Crippen molar-refractivity contribution in [2.45, 2.75) is 19.8 Å². The minimum absolute atomic E-state index is 0.286. The summed E-state index contributed by atoms with van der Waals surface area (Å²) in [6.07, 6.45) is 6.83. The van der Waals surface area contributed by atoms with Crippen LogP contribution in [0.3, 0.4) is 0 Å². The van der Waals surface area contributed by atoms with Gasteiger partial charge in [-0.2, -0.15) is 0 Å². The van der Waals surface area contributed by atoms with Gasteiger partial charge in [-0.05, 0) is 24.8 Å². The fourth-order valence-corrected chi connectivity index (χ4v) is 1.68. The predicted molar refractivity (Wildman–Crippen MR) is 66.5 cm³/mol. The van der Waals surface area contributed by atoms with Gasteiger partial charge in [0.2, 0.25) is 5.82 Å². The lowest BCUT2D eigenvalue weighted by Crippen LogP contribution is -1.98. The van der Waals surface area contributed by atoms with E-state index in [1.807, 2.05) is 0 Å². The van der Waals surface area contributed by atoms with Gasteiger partial charge in [0, 0.05) is 24.1 Å². The highest BCUT2D eigenvalue weighted by atomic mass is 32.2. The van der Waals surface area contributed by atoms with Crippen LogP contribution in [0.15, 0.2) is 18.5 Å². The summed E-state index contributed by atoms with van der Waals surface area (Å²) in [5.74, 6) is 7.68. The third kappa shape index (κ3) is 5.79. The molecule has 0 fully saturated rings. The standard InChI is InChI=1S/C12H13N3OS/c1-2-11(6-9-17-16-10-13)4-5-12-14-7-3-8-15-12/h3,7-8,11H,2,6,9H2,1H3. The van der Waals surface area contributed by atoms with E-state index in [2.05, 4.69) is 32.9 Å². The maximum Gasteiger partial charge on any atom is 0.299 e. The summed E-state index contributed by atoms with van der Waals surface area (Å²) >= 11 is 1.16. The van der Waals surface area contributed by atoms with Crippen LogP contribution in [-0.2, 0) is 4.18 Å². The van der Waals surface area contributed by atoms with Crippen LogP contribution in [0, 0.1) is 29.3 Å². The zero-order chi connectivity index (χ0) is 12.3. The Bertz CT molecular complexity index is 419. The highest BCUT2D eigenvalue weighted by Crippen LogP contribution is 2.12. The smallest absolute Gasteiger partial charge is 0.299 e. The third-order valence-electron chi connectivity index (χ3n) is 2.09. The monoisotopic (exact) mass is 247 g/mol. The van der Waals surface area contributed by atoms with Gasteiger partial charge in [-0.15, -0.1) is 5.26 Å². The number of hydrogen-bond donors (Lipinski definition) is 0. The van der Waals surface area contributed by atoms with E-state index in [0.717, 1.165) is 30.6 Å². The Morgan fingerprint density at radius 2 is 2.24 bits per heavy atom. The van der Waals surface area contributed by atoms with E-state index < -0.39 is 0 Å². The van der Waals surface area contributed by atoms with Crippen LogP contribution in [0.25, 0.3) is 0 Å². The highest BCUT2D eigenvalue weighted by molar-refractivity contribution is 7.94. The molecule has 0 aliphatic heterocycles. The van der Waals surface area contributed by atoms with Crippen molar-refractivity contribution in [3.63, 3.8) is 0 Å². The molecule has 0 radical (unpaired) electrons. The van der Waals surface area contributed by atoms with Crippen LogP contribution in [0.5, 0.6) is 0 Å². The van der Waals surface area contributed by atoms with Crippen molar-refractivity contribution in [3.05, 3.63) is 24.3 Å². The maximum atomic E-state index is 8.20. The van der Waals surface area contributed by atoms with E-state index in [4.69, 9.17) is 5.26 Å². The van der Waals surface area contributed by atoms with Crippen molar-refractivity contribution in [1.29, 1.82) is 5.26 Å². The molecular formula is C12H13N3OS. The zero-order valence-electron chi connectivity index (χ0n) is 9.59. The summed E-state index contributed by atoms with van der Waals surface area (Å²) in [6.45, 7) is 2.08. The molecule has 1 atom stereocenters. The molecule has 1 aromatic rings. The second-order valence-electron chi connectivity index (χ2n) is 3.23. The molecule has 0 N–H and O–H groups in total. The molecule has 17 heavy (non-hydrogen) atoms. The molecule has 5 heteroatoms. The predicted octanol–water partition coefficient (Wildman–Crippen LogP) is 2.39. The van der Waals surface area contributed by atoms with Crippen molar-refractivity contribution in [3.8, 4) is 18.1 Å². The topological polar surface area (TPSA) is 58.8 Å². The first-order valence-electron chi connectivity index (χ1n) is 5.33. The highest BCUT2D eigenvalue weighted by Gasteiger charge is 2.02. The summed E-state index contributed by atoms with van der Waals surface area (Å²) in [7, 11) is 0. The second-order valence-corrected chi connectivity index (χ2v) is 4.04. The molecule has 0 amide bonds. The van der Waals surface area contributed by atoms with Gasteiger partial charge in [0.15, 0.2) is 0 Å². The molecule has 0 aliphatic rings. The van der Waals surface area contributed by atoms with Gasteiger partial charge in [-0.3, -0.25) is 0 Å². The molecular weight excluding hydrogens is 234 g/mol. The largest absolute Gasteiger partial charge is 0.352 e. The molecule has 0 aromatic carbocycles. The van der Waals surface area contributed by atoms with E-state index in [1.54, 1.807) is 24.7 Å². The van der Waals surface area contributed by atoms with Crippen molar-refractivity contribution in [2.75, 3.05) is 5.75 Å². The molecule has 0 saturated carbocycles. The van der Waals surface area contributed by atoms with Crippen LogP contribution in [0.2, 0.25) is 0 Å². The number of aromatic nitrogens is 2. The minimum Gasteiger partial charge on any atom is -0.352 e. The van der Waals surface area contributed by atoms with Crippen molar-refractivity contribution >= 4 is 12.0 Å². The Kier molecular flexibility index (Phi) is 6.62. The summed E-state index contributed by atoms with van der Waals surface area (Å²) in [5, 5.41) is 8.20. The fraction of sp³-hybridized carbons (Fsp3) is 0.417. The Hall–Kier alpha value is -1.72. The first kappa shape index (κ1) is 13.3. The second kappa shape index (κ2) is 8.43. The molecule has 1 rings (SSSR count). The first-order chi connectivity index (χ1) is 8.36. The van der Waals surface area contributed by atoms with E-state index in [1.165, 1.54) is 0 Å². The van der Waals surface area contributed by atoms with E-state index in [-0.39, 0.29) is 5.92 Å². The molecule has 1 heterocycles. The van der Waals surface area contributed by atoms with Crippen molar-refractivity contribution in [1.82, 2.24) is 9.97 Å². The van der Waals surface area contributed by atoms with Gasteiger partial charge in [-0.25, -0.2) is 9.97 Å². The Balaban J connectivity index is 2.42. The van der Waals surface area contributed by atoms with Crippen LogP contribution in [0.1, 0.15) is 25.6 Å². The molecule has 88 valence electrons. The number of hydrogen-bond acceptors (Lipinski definition) is 5. The van der Waals surface area contributed by atoms with Gasteiger partial charge < -0.3 is 4.18 Å². The first-order valence-corrected chi connectivity index (χ1v) is 6.24. The van der Waals surface area contributed by atoms with Crippen LogP contribution >= 0.6 is 12.0 Å². The lowest BCUT2D eigenvalue weighted by Gasteiger charge is -2.04. The molecule has 1 unspecified atom stereocenters. The van der Waals surface area contributed by atoms with E-state index >= 15 is 0 Å². The average molecular weight is 247 g/mol. The van der Waals surface area contributed by atoms with Crippen molar-refractivity contribution < 1.29 is 4.18 Å². The number of nitriles is 1. The summed E-state index contributed by atoms with van der Waals surface area (Å²) < 4.78 is 4.54. The fourth-order valence-electron chi connectivity index (χ4n) is 1.17. The van der Waals surface area contributed by atoms with Crippen LogP contribution in [0.4, 0.5) is 0 Å². The minimum atomic E-state index is 0.286. The third-order valence-corrected chi connectivity index (χ3v) is 2.69. The summed E-state index contributed by atoms with van der Waals surface area (Å²) in [4.78, 5) is 8.07. The van der Waals surface area contributed by atoms with Gasteiger partial charge >= 0.3 is 0 Å². The lowest BCUT2D eigenvalue weighted by molar-refractivity contribution is 0.580. The molecule has 4 nitrogen and oxygen atoms in total. The van der Waals surface area contributed by atoms with Crippen molar-refractivity contribution in [2.24, 2.45) is 5.92 Å². The lowest BCUT2D eigenvalue weighted by atomic mass is 10.0. The molecule has 0 aliphatic carbocycles. The summed E-state index contributed by atoms with van der Waals surface area (Å²) in [6, 6.07) is 1.76. The molecule has 0 saturated heterocycles. The average Bonchev–Trinajstić information content (AvgIpc) is 2.39. The van der Waals surface area contributed by atoms with Gasteiger partial charge in [0.05, 0.1) is 12.0 Å². The molecule has 0 spiro atoms. The quantitative estimate of drug-likeness (QED) is 0.346. The van der Waals surface area contributed by atoms with E-state index in [9.17, 15) is 0 Å². The molecule has 0 bridgehead atoms. The maximum absolute atomic E-state index is 8.20. The van der Waals surface area contributed by atoms with E-state index in [0.29, 0.717) is 5.82 Å². The summed E-state index contributed by atoms with van der Waals surface area (Å²) in [5.41, 5.74) is 0. The SMILES string of the molecule is CCC(C#Cc1ncccn1)CCSOC#N. The van der Waals surface area contributed by atoms with Gasteiger partial charge in [-0.1, -0.05) is 12.8 Å². The Morgan fingerprint density at radius 1 is 1.47 bits per heavy atom. The normalized spacial score (nSPS) is 10.8. The van der Waals surface area contributed by atoms with Gasteiger partial charge in [0.25, 0.3) is 6.26 Å². The van der Waals surface area contributed by atoms with Crippen LogP contribution in [-0.4, -0.2) is 15.7 Å². The number of rotatable bonds is 5. The van der Waals surface area contributed by atoms with Crippen LogP contribution < -0.4 is 0 Å². The number of nitrogens with zero attached hydrogens (tertiary/aromatic N) is 3. The Labute approximate surface area is 106 Å².